The standard InChI is InChI=1S/C31H35N3O3/c1-5-6-7-10-20-33(30(35)24-16-18-26(37-4)19-17-24)23(3)29-32-28-15-9-8-14-27(28)31(36)34(29)25-13-11-12-22(2)21-25/h8-9,11-19,21,23H,5-7,10,20H2,1-4H3. The highest BCUT2D eigenvalue weighted by atomic mass is 16.5. The molecule has 1 heterocycles. The highest BCUT2D eigenvalue weighted by Crippen LogP contribution is 2.26. The van der Waals surface area contributed by atoms with Crippen molar-refractivity contribution in [2.75, 3.05) is 13.7 Å². The topological polar surface area (TPSA) is 64.4 Å². The van der Waals surface area contributed by atoms with Crippen LogP contribution in [0.3, 0.4) is 0 Å². The molecule has 1 atom stereocenters. The molecule has 192 valence electrons. The minimum Gasteiger partial charge on any atom is -0.497 e. The number of para-hydroxylation sites is 1. The van der Waals surface area contributed by atoms with Crippen LogP contribution < -0.4 is 10.3 Å². The van der Waals surface area contributed by atoms with Gasteiger partial charge in [0.2, 0.25) is 0 Å². The zero-order chi connectivity index (χ0) is 26.4. The average Bonchev–Trinajstić information content (AvgIpc) is 2.92. The Bertz CT molecular complexity index is 1430. The number of aryl methyl sites for hydroxylation is 1. The number of benzene rings is 3. The molecule has 6 heteroatoms. The van der Waals surface area contributed by atoms with Gasteiger partial charge in [0.15, 0.2) is 0 Å². The van der Waals surface area contributed by atoms with E-state index < -0.39 is 6.04 Å². The van der Waals surface area contributed by atoms with E-state index in [1.165, 1.54) is 0 Å². The van der Waals surface area contributed by atoms with Gasteiger partial charge in [0.1, 0.15) is 11.6 Å². The van der Waals surface area contributed by atoms with Crippen molar-refractivity contribution in [2.24, 2.45) is 0 Å². The summed E-state index contributed by atoms with van der Waals surface area (Å²) in [5.41, 5.74) is 2.85. The fraction of sp³-hybridized carbons (Fsp3) is 0.323. The first-order chi connectivity index (χ1) is 17.9. The van der Waals surface area contributed by atoms with Crippen molar-refractivity contribution in [3.05, 3.63) is 100 Å². The molecule has 0 aliphatic carbocycles. The Morgan fingerprint density at radius 1 is 1.00 bits per heavy atom. The molecule has 6 nitrogen and oxygen atoms in total. The summed E-state index contributed by atoms with van der Waals surface area (Å²) in [5.74, 6) is 1.15. The predicted octanol–water partition coefficient (Wildman–Crippen LogP) is 6.49. The molecule has 1 aromatic heterocycles. The molecule has 3 aromatic carbocycles. The number of unbranched alkanes of at least 4 members (excludes halogenated alkanes) is 3. The van der Waals surface area contributed by atoms with E-state index in [4.69, 9.17) is 9.72 Å². The number of methoxy groups -OCH3 is 1. The normalized spacial score (nSPS) is 11.9. The number of nitrogens with zero attached hydrogens (tertiary/aromatic N) is 3. The fourth-order valence-electron chi connectivity index (χ4n) is 4.67. The van der Waals surface area contributed by atoms with E-state index in [1.807, 2.05) is 61.2 Å². The molecule has 37 heavy (non-hydrogen) atoms. The van der Waals surface area contributed by atoms with Crippen LogP contribution in [0.5, 0.6) is 5.75 Å². The lowest BCUT2D eigenvalue weighted by atomic mass is 10.1. The van der Waals surface area contributed by atoms with Gasteiger partial charge in [-0.2, -0.15) is 0 Å². The van der Waals surface area contributed by atoms with Crippen LogP contribution in [-0.2, 0) is 0 Å². The predicted molar refractivity (Wildman–Crippen MR) is 149 cm³/mol. The smallest absolute Gasteiger partial charge is 0.266 e. The largest absolute Gasteiger partial charge is 0.497 e. The van der Waals surface area contributed by atoms with Gasteiger partial charge in [-0.25, -0.2) is 4.98 Å². The zero-order valence-corrected chi connectivity index (χ0v) is 22.1. The van der Waals surface area contributed by atoms with Gasteiger partial charge in [0.25, 0.3) is 11.5 Å². The average molecular weight is 498 g/mol. The molecule has 1 unspecified atom stereocenters. The third-order valence-electron chi connectivity index (χ3n) is 6.75. The van der Waals surface area contributed by atoms with E-state index in [1.54, 1.807) is 42.0 Å². The third kappa shape index (κ3) is 5.74. The maximum absolute atomic E-state index is 13.8. The Morgan fingerprint density at radius 2 is 1.76 bits per heavy atom. The summed E-state index contributed by atoms with van der Waals surface area (Å²) in [4.78, 5) is 34.5. The number of hydrogen-bond acceptors (Lipinski definition) is 4. The van der Waals surface area contributed by atoms with Crippen LogP contribution in [0.2, 0.25) is 0 Å². The van der Waals surface area contributed by atoms with Gasteiger partial charge in [-0.05, 0) is 74.4 Å². The van der Waals surface area contributed by atoms with Crippen molar-refractivity contribution in [1.82, 2.24) is 14.5 Å². The molecule has 0 saturated carbocycles. The molecule has 4 aromatic rings. The van der Waals surface area contributed by atoms with Crippen LogP contribution in [0.1, 0.15) is 67.3 Å². The monoisotopic (exact) mass is 497 g/mol. The minimum atomic E-state index is -0.436. The maximum atomic E-state index is 13.8. The highest BCUT2D eigenvalue weighted by molar-refractivity contribution is 5.94. The van der Waals surface area contributed by atoms with Crippen molar-refractivity contribution in [1.29, 1.82) is 0 Å². The van der Waals surface area contributed by atoms with Gasteiger partial charge in [-0.15, -0.1) is 0 Å². The first-order valence-electron chi connectivity index (χ1n) is 13.0. The van der Waals surface area contributed by atoms with Crippen LogP contribution in [0.4, 0.5) is 0 Å². The van der Waals surface area contributed by atoms with Gasteiger partial charge in [0.05, 0.1) is 29.7 Å². The van der Waals surface area contributed by atoms with Gasteiger partial charge in [-0.3, -0.25) is 14.2 Å². The van der Waals surface area contributed by atoms with Crippen molar-refractivity contribution in [2.45, 2.75) is 52.5 Å². The molecule has 0 fully saturated rings. The second-order valence-electron chi connectivity index (χ2n) is 9.43. The summed E-state index contributed by atoms with van der Waals surface area (Å²) in [7, 11) is 1.61. The number of fused-ring (bicyclic) bond motifs is 1. The molecule has 0 saturated heterocycles. The summed E-state index contributed by atoms with van der Waals surface area (Å²) >= 11 is 0. The van der Waals surface area contributed by atoms with Crippen molar-refractivity contribution >= 4 is 16.8 Å². The first-order valence-corrected chi connectivity index (χ1v) is 13.0. The molecule has 0 aliphatic rings. The van der Waals surface area contributed by atoms with Crippen molar-refractivity contribution < 1.29 is 9.53 Å². The Hall–Kier alpha value is -3.93. The second kappa shape index (κ2) is 11.9. The number of carbonyl (C=O) groups is 1. The van der Waals surface area contributed by atoms with Gasteiger partial charge in [0, 0.05) is 12.1 Å². The number of hydrogen-bond donors (Lipinski definition) is 0. The lowest BCUT2D eigenvalue weighted by Gasteiger charge is -2.31. The van der Waals surface area contributed by atoms with E-state index in [0.29, 0.717) is 34.6 Å². The molecule has 0 aliphatic heterocycles. The summed E-state index contributed by atoms with van der Waals surface area (Å²) < 4.78 is 6.94. The molecular weight excluding hydrogens is 462 g/mol. The molecule has 0 N–H and O–H groups in total. The first kappa shape index (κ1) is 26.1. The molecular formula is C31H35N3O3. The number of rotatable bonds is 10. The Morgan fingerprint density at radius 3 is 2.46 bits per heavy atom. The van der Waals surface area contributed by atoms with Crippen LogP contribution in [-0.4, -0.2) is 34.0 Å². The van der Waals surface area contributed by atoms with Crippen LogP contribution >= 0.6 is 0 Å². The molecule has 1 amide bonds. The minimum absolute atomic E-state index is 0.0927. The summed E-state index contributed by atoms with van der Waals surface area (Å²) in [6, 6.07) is 21.9. The third-order valence-corrected chi connectivity index (χ3v) is 6.75. The van der Waals surface area contributed by atoms with Crippen molar-refractivity contribution in [3.63, 3.8) is 0 Å². The molecule has 0 radical (unpaired) electrons. The van der Waals surface area contributed by atoms with Crippen molar-refractivity contribution in [3.8, 4) is 11.4 Å². The molecule has 0 bridgehead atoms. The summed E-state index contributed by atoms with van der Waals surface area (Å²) in [5, 5.41) is 0.552. The van der Waals surface area contributed by atoms with E-state index in [2.05, 4.69) is 6.92 Å². The molecule has 0 spiro atoms. The quantitative estimate of drug-likeness (QED) is 0.235. The highest BCUT2D eigenvalue weighted by Gasteiger charge is 2.27. The SMILES string of the molecule is CCCCCCN(C(=O)c1ccc(OC)cc1)C(C)c1nc2ccccc2c(=O)n1-c1cccc(C)c1. The number of aromatic nitrogens is 2. The van der Waals surface area contributed by atoms with E-state index in [9.17, 15) is 9.59 Å². The summed E-state index contributed by atoms with van der Waals surface area (Å²) in [6.45, 7) is 6.70. The van der Waals surface area contributed by atoms with Crippen LogP contribution in [0.15, 0.2) is 77.6 Å². The fourth-order valence-corrected chi connectivity index (χ4v) is 4.67. The Balaban J connectivity index is 1.84. The second-order valence-corrected chi connectivity index (χ2v) is 9.43. The number of ether oxygens (including phenoxy) is 1. The van der Waals surface area contributed by atoms with Gasteiger partial charge < -0.3 is 9.64 Å². The van der Waals surface area contributed by atoms with E-state index in [-0.39, 0.29) is 11.5 Å². The Labute approximate surface area is 218 Å². The number of amides is 1. The number of carbonyl (C=O) groups excluding carboxylic acids is 1. The zero-order valence-electron chi connectivity index (χ0n) is 22.1. The summed E-state index contributed by atoms with van der Waals surface area (Å²) in [6.07, 6.45) is 4.13. The lowest BCUT2D eigenvalue weighted by Crippen LogP contribution is -2.38. The van der Waals surface area contributed by atoms with Crippen LogP contribution in [0.25, 0.3) is 16.6 Å². The Kier molecular flexibility index (Phi) is 8.39. The van der Waals surface area contributed by atoms with Crippen LogP contribution in [0, 0.1) is 6.92 Å². The lowest BCUT2D eigenvalue weighted by molar-refractivity contribution is 0.0677. The van der Waals surface area contributed by atoms with Gasteiger partial charge >= 0.3 is 0 Å². The van der Waals surface area contributed by atoms with E-state index in [0.717, 1.165) is 36.9 Å². The maximum Gasteiger partial charge on any atom is 0.266 e. The van der Waals surface area contributed by atoms with Gasteiger partial charge in [-0.1, -0.05) is 50.5 Å². The molecule has 4 rings (SSSR count). The van der Waals surface area contributed by atoms with E-state index >= 15 is 0 Å².